The van der Waals surface area contributed by atoms with Crippen LogP contribution in [0.15, 0.2) is 54.7 Å². The van der Waals surface area contributed by atoms with E-state index in [1.54, 1.807) is 24.4 Å². The summed E-state index contributed by atoms with van der Waals surface area (Å²) in [5.41, 5.74) is 1.16. The van der Waals surface area contributed by atoms with E-state index < -0.39 is 6.09 Å². The second-order valence-electron chi connectivity index (χ2n) is 7.25. The first-order valence-electron chi connectivity index (χ1n) is 10.1. The van der Waals surface area contributed by atoms with E-state index >= 15 is 0 Å². The lowest BCUT2D eigenvalue weighted by Gasteiger charge is -2.36. The molecule has 0 unspecified atom stereocenters. The molecule has 0 aliphatic carbocycles. The Morgan fingerprint density at radius 3 is 2.55 bits per heavy atom. The Morgan fingerprint density at radius 2 is 1.87 bits per heavy atom. The average Bonchev–Trinajstić information content (AvgIpc) is 3.21. The molecule has 1 aliphatic rings. The van der Waals surface area contributed by atoms with Crippen LogP contribution in [-0.4, -0.2) is 63.5 Å². The Labute approximate surface area is 190 Å². The van der Waals surface area contributed by atoms with Crippen LogP contribution in [0.3, 0.4) is 0 Å². The highest BCUT2D eigenvalue weighted by Crippen LogP contribution is 2.23. The molecule has 1 amide bonds. The van der Waals surface area contributed by atoms with Crippen molar-refractivity contribution in [2.24, 2.45) is 0 Å². The number of halogens is 1. The maximum Gasteiger partial charge on any atom is 0.414 e. The SMILES string of the molecule is O=C(N[C@@H](Cc1ccccc1)CN1CCN(c2nsnc2Cl)CC1)Oc1ccccn1. The fraction of sp³-hybridized carbons (Fsp3) is 0.333. The molecule has 0 saturated carbocycles. The standard InChI is InChI=1S/C21H23ClN6O2S/c22-19-20(26-31-25-19)28-12-10-27(11-13-28)15-17(14-16-6-2-1-3-7-16)24-21(29)30-18-8-4-5-9-23-18/h1-9,17H,10-15H2,(H,24,29)/t17-/m0/s1. The molecule has 10 heteroatoms. The van der Waals surface area contributed by atoms with Crippen molar-refractivity contribution >= 4 is 35.2 Å². The van der Waals surface area contributed by atoms with Crippen LogP contribution >= 0.6 is 23.3 Å². The Bertz CT molecular complexity index is 966. The van der Waals surface area contributed by atoms with Gasteiger partial charge < -0.3 is 15.0 Å². The van der Waals surface area contributed by atoms with Gasteiger partial charge in [-0.15, -0.1) is 0 Å². The lowest BCUT2D eigenvalue weighted by atomic mass is 10.1. The number of amides is 1. The molecule has 0 bridgehead atoms. The fourth-order valence-electron chi connectivity index (χ4n) is 3.57. The van der Waals surface area contributed by atoms with Crippen LogP contribution < -0.4 is 15.0 Å². The Kier molecular flexibility index (Phi) is 7.29. The normalized spacial score (nSPS) is 15.5. The van der Waals surface area contributed by atoms with Crippen LogP contribution in [0.4, 0.5) is 10.6 Å². The predicted octanol–water partition coefficient (Wildman–Crippen LogP) is 3.11. The zero-order valence-corrected chi connectivity index (χ0v) is 18.4. The number of nitrogens with zero attached hydrogens (tertiary/aromatic N) is 5. The summed E-state index contributed by atoms with van der Waals surface area (Å²) < 4.78 is 13.7. The maximum absolute atomic E-state index is 12.5. The summed E-state index contributed by atoms with van der Waals surface area (Å²) in [4.78, 5) is 21.0. The molecule has 1 fully saturated rings. The summed E-state index contributed by atoms with van der Waals surface area (Å²) >= 11 is 7.25. The van der Waals surface area contributed by atoms with Crippen LogP contribution in [0.1, 0.15) is 5.56 Å². The molecule has 162 valence electrons. The van der Waals surface area contributed by atoms with Crippen molar-refractivity contribution in [1.29, 1.82) is 0 Å². The molecule has 3 aromatic rings. The molecule has 0 radical (unpaired) electrons. The van der Waals surface area contributed by atoms with E-state index in [0.717, 1.165) is 49.3 Å². The van der Waals surface area contributed by atoms with Gasteiger partial charge in [-0.2, -0.15) is 8.75 Å². The van der Waals surface area contributed by atoms with Crippen LogP contribution in [0.2, 0.25) is 5.15 Å². The average molecular weight is 459 g/mol. The molecule has 8 nitrogen and oxygen atoms in total. The van der Waals surface area contributed by atoms with Crippen molar-refractivity contribution in [3.8, 4) is 5.88 Å². The third-order valence-corrected chi connectivity index (χ3v) is 5.94. The van der Waals surface area contributed by atoms with Gasteiger partial charge in [0.25, 0.3) is 0 Å². The highest BCUT2D eigenvalue weighted by atomic mass is 35.5. The Balaban J connectivity index is 1.36. The molecule has 31 heavy (non-hydrogen) atoms. The van der Waals surface area contributed by atoms with Gasteiger partial charge >= 0.3 is 6.09 Å². The lowest BCUT2D eigenvalue weighted by Crippen LogP contribution is -2.52. The lowest BCUT2D eigenvalue weighted by molar-refractivity contribution is 0.182. The number of carbonyl (C=O) groups is 1. The van der Waals surface area contributed by atoms with Crippen LogP contribution in [0, 0.1) is 0 Å². The number of hydrogen-bond acceptors (Lipinski definition) is 8. The second kappa shape index (κ2) is 10.5. The number of carbonyl (C=O) groups excluding carboxylic acids is 1. The molecule has 3 heterocycles. The number of aromatic nitrogens is 3. The highest BCUT2D eigenvalue weighted by Gasteiger charge is 2.24. The van der Waals surface area contributed by atoms with Crippen molar-refractivity contribution in [1.82, 2.24) is 23.9 Å². The van der Waals surface area contributed by atoms with Crippen molar-refractivity contribution in [2.75, 3.05) is 37.6 Å². The largest absolute Gasteiger partial charge is 0.414 e. The summed E-state index contributed by atoms with van der Waals surface area (Å²) in [7, 11) is 0. The van der Waals surface area contributed by atoms with Crippen LogP contribution in [-0.2, 0) is 6.42 Å². The molecule has 2 aromatic heterocycles. The molecule has 1 saturated heterocycles. The van der Waals surface area contributed by atoms with Gasteiger partial charge in [-0.25, -0.2) is 9.78 Å². The topological polar surface area (TPSA) is 83.5 Å². The zero-order valence-electron chi connectivity index (χ0n) is 16.9. The van der Waals surface area contributed by atoms with Crippen LogP contribution in [0.25, 0.3) is 0 Å². The first-order chi connectivity index (χ1) is 15.2. The summed E-state index contributed by atoms with van der Waals surface area (Å²) in [5.74, 6) is 1.03. The van der Waals surface area contributed by atoms with Gasteiger partial charge in [0.05, 0.1) is 11.7 Å². The molecule has 1 aromatic carbocycles. The fourth-order valence-corrected chi connectivity index (χ4v) is 4.35. The van der Waals surface area contributed by atoms with Gasteiger partial charge in [-0.3, -0.25) is 4.90 Å². The van der Waals surface area contributed by atoms with Gasteiger partial charge in [0.1, 0.15) is 0 Å². The highest BCUT2D eigenvalue weighted by molar-refractivity contribution is 6.99. The smallest absolute Gasteiger partial charge is 0.391 e. The first kappa shape index (κ1) is 21.5. The predicted molar refractivity (Wildman–Crippen MR) is 121 cm³/mol. The zero-order chi connectivity index (χ0) is 21.5. The number of piperazine rings is 1. The molecule has 1 atom stereocenters. The van der Waals surface area contributed by atoms with E-state index in [2.05, 4.69) is 41.0 Å². The number of benzene rings is 1. The van der Waals surface area contributed by atoms with Gasteiger partial charge in [0.2, 0.25) is 5.88 Å². The van der Waals surface area contributed by atoms with Gasteiger partial charge in [0.15, 0.2) is 11.0 Å². The molecule has 0 spiro atoms. The van der Waals surface area contributed by atoms with Gasteiger partial charge in [-0.1, -0.05) is 48.0 Å². The minimum Gasteiger partial charge on any atom is -0.391 e. The maximum atomic E-state index is 12.5. The molecule has 1 aliphatic heterocycles. The second-order valence-corrected chi connectivity index (χ2v) is 8.14. The van der Waals surface area contributed by atoms with Crippen LogP contribution in [0.5, 0.6) is 5.88 Å². The van der Waals surface area contributed by atoms with E-state index in [4.69, 9.17) is 16.3 Å². The summed E-state index contributed by atoms with van der Waals surface area (Å²) in [6.07, 6.45) is 1.80. The number of rotatable bonds is 7. The van der Waals surface area contributed by atoms with Gasteiger partial charge in [-0.05, 0) is 18.1 Å². The molecular weight excluding hydrogens is 436 g/mol. The van der Waals surface area contributed by atoms with Crippen molar-refractivity contribution in [3.05, 3.63) is 65.4 Å². The number of nitrogens with one attached hydrogen (secondary N) is 1. The minimum atomic E-state index is -0.501. The van der Waals surface area contributed by atoms with Gasteiger partial charge in [0, 0.05) is 51.0 Å². The minimum absolute atomic E-state index is 0.102. The van der Waals surface area contributed by atoms with E-state index in [1.807, 2.05) is 18.2 Å². The van der Waals surface area contributed by atoms with E-state index in [-0.39, 0.29) is 11.9 Å². The quantitative estimate of drug-likeness (QED) is 0.582. The molecule has 4 rings (SSSR count). The Morgan fingerprint density at radius 1 is 1.10 bits per heavy atom. The monoisotopic (exact) mass is 458 g/mol. The van der Waals surface area contributed by atoms with Crippen molar-refractivity contribution in [3.63, 3.8) is 0 Å². The van der Waals surface area contributed by atoms with E-state index in [9.17, 15) is 4.79 Å². The summed E-state index contributed by atoms with van der Waals surface area (Å²) in [5, 5.41) is 3.47. The third-order valence-electron chi connectivity index (χ3n) is 5.07. The summed E-state index contributed by atoms with van der Waals surface area (Å²) in [6, 6.07) is 15.2. The van der Waals surface area contributed by atoms with Crippen molar-refractivity contribution < 1.29 is 9.53 Å². The number of hydrogen-bond donors (Lipinski definition) is 1. The molecule has 1 N–H and O–H groups in total. The third kappa shape index (κ3) is 6.13. The summed E-state index contributed by atoms with van der Waals surface area (Å²) in [6.45, 7) is 4.01. The first-order valence-corrected chi connectivity index (χ1v) is 11.2. The van der Waals surface area contributed by atoms with E-state index in [0.29, 0.717) is 18.1 Å². The Hall–Kier alpha value is -2.75. The number of anilines is 1. The van der Waals surface area contributed by atoms with Crippen molar-refractivity contribution in [2.45, 2.75) is 12.5 Å². The number of pyridine rings is 1. The number of ether oxygens (including phenoxy) is 1. The molecular formula is C21H23ClN6O2S. The van der Waals surface area contributed by atoms with E-state index in [1.165, 1.54) is 0 Å².